The van der Waals surface area contributed by atoms with Gasteiger partial charge in [0, 0.05) is 12.7 Å². The number of carbonyl (C=O) groups is 1. The maximum atomic E-state index is 12.7. The summed E-state index contributed by atoms with van der Waals surface area (Å²) in [6.07, 6.45) is 7.36. The van der Waals surface area contributed by atoms with Gasteiger partial charge in [-0.05, 0) is 32.3 Å². The van der Waals surface area contributed by atoms with Crippen LogP contribution in [0.1, 0.15) is 66.2 Å². The number of nitrogens with one attached hydrogen (secondary N) is 1. The van der Waals surface area contributed by atoms with E-state index in [9.17, 15) is 4.79 Å². The summed E-state index contributed by atoms with van der Waals surface area (Å²) in [4.78, 5) is 16.9. The number of rotatable bonds is 12. The highest BCUT2D eigenvalue weighted by Gasteiger charge is 2.33. The number of carbonyl (C=O) groups excluding carboxylic acids is 1. The fourth-order valence-electron chi connectivity index (χ4n) is 2.30. The van der Waals surface area contributed by atoms with Crippen LogP contribution in [-0.4, -0.2) is 29.7 Å². The molecule has 1 heterocycles. The molecule has 5 nitrogen and oxygen atoms in total. The third kappa shape index (κ3) is 6.87. The molecule has 0 aliphatic heterocycles. The van der Waals surface area contributed by atoms with Crippen molar-refractivity contribution in [2.75, 3.05) is 18.5 Å². The maximum Gasteiger partial charge on any atom is 0.256 e. The minimum Gasteiger partial charge on any atom is -0.478 e. The van der Waals surface area contributed by atoms with Crippen LogP contribution in [0.3, 0.4) is 0 Å². The van der Waals surface area contributed by atoms with Gasteiger partial charge in [-0.25, -0.2) is 4.98 Å². The van der Waals surface area contributed by atoms with Gasteiger partial charge in [0.2, 0.25) is 5.88 Å². The Morgan fingerprint density at radius 1 is 1.12 bits per heavy atom. The van der Waals surface area contributed by atoms with Crippen molar-refractivity contribution in [2.24, 2.45) is 0 Å². The predicted molar refractivity (Wildman–Crippen MR) is 97.4 cm³/mol. The minimum absolute atomic E-state index is 0.115. The number of anilines is 1. The highest BCUT2D eigenvalue weighted by Crippen LogP contribution is 2.23. The van der Waals surface area contributed by atoms with Crippen LogP contribution >= 0.6 is 0 Å². The van der Waals surface area contributed by atoms with E-state index in [0.717, 1.165) is 38.5 Å². The second-order valence-electron chi connectivity index (χ2n) is 6.22. The lowest BCUT2D eigenvalue weighted by atomic mass is 9.96. The SMILES string of the molecule is CCCCC[C@@](C)(OCCC)C(=O)Nc1ccc(OCCC)nc1. The lowest BCUT2D eigenvalue weighted by Crippen LogP contribution is -2.43. The average Bonchev–Trinajstić information content (AvgIpc) is 2.59. The summed E-state index contributed by atoms with van der Waals surface area (Å²) < 4.78 is 11.3. The van der Waals surface area contributed by atoms with E-state index in [4.69, 9.17) is 9.47 Å². The molecule has 0 bridgehead atoms. The molecular formula is C19H32N2O3. The maximum absolute atomic E-state index is 12.7. The van der Waals surface area contributed by atoms with Crippen LogP contribution in [0.2, 0.25) is 0 Å². The number of nitrogens with zero attached hydrogens (tertiary/aromatic N) is 1. The van der Waals surface area contributed by atoms with Crippen LogP contribution in [0.5, 0.6) is 5.88 Å². The van der Waals surface area contributed by atoms with Crippen molar-refractivity contribution in [3.63, 3.8) is 0 Å². The molecule has 1 atom stereocenters. The lowest BCUT2D eigenvalue weighted by molar-refractivity contribution is -0.140. The van der Waals surface area contributed by atoms with Gasteiger partial charge < -0.3 is 14.8 Å². The van der Waals surface area contributed by atoms with Crippen molar-refractivity contribution in [3.05, 3.63) is 18.3 Å². The Morgan fingerprint density at radius 3 is 2.46 bits per heavy atom. The molecule has 0 unspecified atom stereocenters. The fourth-order valence-corrected chi connectivity index (χ4v) is 2.30. The zero-order valence-corrected chi connectivity index (χ0v) is 15.6. The van der Waals surface area contributed by atoms with Crippen molar-refractivity contribution in [1.82, 2.24) is 4.98 Å². The fraction of sp³-hybridized carbons (Fsp3) is 0.684. The number of pyridine rings is 1. The van der Waals surface area contributed by atoms with E-state index in [0.29, 0.717) is 24.8 Å². The van der Waals surface area contributed by atoms with Crippen molar-refractivity contribution in [2.45, 2.75) is 71.8 Å². The summed E-state index contributed by atoms with van der Waals surface area (Å²) >= 11 is 0. The molecule has 1 aromatic heterocycles. The standard InChI is InChI=1S/C19H32N2O3/c1-5-8-9-12-19(4,24-14-7-3)18(22)21-16-10-11-17(20-15-16)23-13-6-2/h10-11,15H,5-9,12-14H2,1-4H3,(H,21,22)/t19-/m1/s1. The molecule has 0 fully saturated rings. The van der Waals surface area contributed by atoms with Crippen LogP contribution in [0.15, 0.2) is 18.3 Å². The number of hydrogen-bond donors (Lipinski definition) is 1. The van der Waals surface area contributed by atoms with Gasteiger partial charge in [-0.15, -0.1) is 0 Å². The van der Waals surface area contributed by atoms with Gasteiger partial charge in [0.25, 0.3) is 5.91 Å². The Bertz CT molecular complexity index is 476. The highest BCUT2D eigenvalue weighted by atomic mass is 16.5. The second-order valence-corrected chi connectivity index (χ2v) is 6.22. The van der Waals surface area contributed by atoms with Crippen LogP contribution in [-0.2, 0) is 9.53 Å². The molecule has 0 aliphatic carbocycles. The monoisotopic (exact) mass is 336 g/mol. The number of aromatic nitrogens is 1. The summed E-state index contributed by atoms with van der Waals surface area (Å²) in [5.74, 6) is 0.457. The van der Waals surface area contributed by atoms with Gasteiger partial charge in [0.15, 0.2) is 0 Å². The van der Waals surface area contributed by atoms with Gasteiger partial charge in [0.1, 0.15) is 5.60 Å². The normalized spacial score (nSPS) is 13.3. The molecule has 0 aromatic carbocycles. The number of hydrogen-bond acceptors (Lipinski definition) is 4. The van der Waals surface area contributed by atoms with Crippen LogP contribution in [0.4, 0.5) is 5.69 Å². The Labute approximate surface area is 146 Å². The summed E-state index contributed by atoms with van der Waals surface area (Å²) in [7, 11) is 0. The van der Waals surface area contributed by atoms with E-state index in [1.54, 1.807) is 12.3 Å². The number of ether oxygens (including phenoxy) is 2. The second kappa shape index (κ2) is 11.0. The third-order valence-corrected chi connectivity index (χ3v) is 3.81. The molecule has 24 heavy (non-hydrogen) atoms. The molecule has 1 amide bonds. The molecular weight excluding hydrogens is 304 g/mol. The van der Waals surface area contributed by atoms with E-state index < -0.39 is 5.60 Å². The molecule has 0 aliphatic rings. The van der Waals surface area contributed by atoms with Crippen molar-refractivity contribution >= 4 is 11.6 Å². The first kappa shape index (κ1) is 20.4. The summed E-state index contributed by atoms with van der Waals surface area (Å²) in [5, 5.41) is 2.92. The smallest absolute Gasteiger partial charge is 0.256 e. The van der Waals surface area contributed by atoms with Crippen LogP contribution < -0.4 is 10.1 Å². The Kier molecular flexibility index (Phi) is 9.38. The first-order chi connectivity index (χ1) is 11.6. The van der Waals surface area contributed by atoms with Gasteiger partial charge in [-0.2, -0.15) is 0 Å². The van der Waals surface area contributed by atoms with Crippen LogP contribution in [0.25, 0.3) is 0 Å². The van der Waals surface area contributed by atoms with Gasteiger partial charge in [0.05, 0.1) is 18.5 Å². The molecule has 1 N–H and O–H groups in total. The molecule has 1 aromatic rings. The molecule has 0 spiro atoms. The van der Waals surface area contributed by atoms with Gasteiger partial charge >= 0.3 is 0 Å². The van der Waals surface area contributed by atoms with Gasteiger partial charge in [-0.1, -0.05) is 40.0 Å². The molecule has 0 saturated carbocycles. The summed E-state index contributed by atoms with van der Waals surface area (Å²) in [6.45, 7) is 9.34. The molecule has 5 heteroatoms. The Morgan fingerprint density at radius 2 is 1.88 bits per heavy atom. The van der Waals surface area contributed by atoms with E-state index in [2.05, 4.69) is 17.2 Å². The average molecular weight is 336 g/mol. The summed E-state index contributed by atoms with van der Waals surface area (Å²) in [5.41, 5.74) is -0.145. The zero-order valence-electron chi connectivity index (χ0n) is 15.6. The predicted octanol–water partition coefficient (Wildman–Crippen LogP) is 4.57. The lowest BCUT2D eigenvalue weighted by Gasteiger charge is -2.28. The van der Waals surface area contributed by atoms with Crippen LogP contribution in [0, 0.1) is 0 Å². The summed E-state index contributed by atoms with van der Waals surface area (Å²) in [6, 6.07) is 3.58. The molecule has 136 valence electrons. The number of unbranched alkanes of at least 4 members (excludes halogenated alkanes) is 2. The zero-order chi connectivity index (χ0) is 17.8. The molecule has 1 rings (SSSR count). The highest BCUT2D eigenvalue weighted by molar-refractivity contribution is 5.96. The minimum atomic E-state index is -0.803. The number of amides is 1. The van der Waals surface area contributed by atoms with Crippen molar-refractivity contribution in [3.8, 4) is 5.88 Å². The first-order valence-electron chi connectivity index (χ1n) is 9.10. The van der Waals surface area contributed by atoms with Crippen molar-refractivity contribution < 1.29 is 14.3 Å². The largest absolute Gasteiger partial charge is 0.478 e. The molecule has 0 radical (unpaired) electrons. The van der Waals surface area contributed by atoms with E-state index in [1.807, 2.05) is 26.8 Å². The Balaban J connectivity index is 2.68. The van der Waals surface area contributed by atoms with Gasteiger partial charge in [-0.3, -0.25) is 4.79 Å². The topological polar surface area (TPSA) is 60.5 Å². The van der Waals surface area contributed by atoms with E-state index in [-0.39, 0.29) is 5.91 Å². The first-order valence-corrected chi connectivity index (χ1v) is 9.10. The van der Waals surface area contributed by atoms with Crippen molar-refractivity contribution in [1.29, 1.82) is 0 Å². The third-order valence-electron chi connectivity index (χ3n) is 3.81. The quantitative estimate of drug-likeness (QED) is 0.568. The van der Waals surface area contributed by atoms with E-state index in [1.165, 1.54) is 0 Å². The molecule has 0 saturated heterocycles. The Hall–Kier alpha value is -1.62. The van der Waals surface area contributed by atoms with E-state index >= 15 is 0 Å².